The van der Waals surface area contributed by atoms with E-state index in [4.69, 9.17) is 0 Å². The average molecular weight is 405 g/mol. The molecule has 0 aliphatic heterocycles. The summed E-state index contributed by atoms with van der Waals surface area (Å²) in [5.74, 6) is 6.28. The lowest BCUT2D eigenvalue weighted by Crippen LogP contribution is -2.52. The Kier molecular flexibility index (Phi) is 9.18. The zero-order valence-corrected chi connectivity index (χ0v) is 20.4. The van der Waals surface area contributed by atoms with Crippen LogP contribution in [-0.4, -0.2) is 0 Å². The van der Waals surface area contributed by atoms with Crippen molar-refractivity contribution >= 4 is 0 Å². The molecule has 0 nitrogen and oxygen atoms in total. The summed E-state index contributed by atoms with van der Waals surface area (Å²) >= 11 is 0. The molecule has 0 aromatic heterocycles. The fourth-order valence-electron chi connectivity index (χ4n) is 8.82. The quantitative estimate of drug-likeness (QED) is 0.400. The molecule has 0 bridgehead atoms. The minimum atomic E-state index is 0. The minimum Gasteiger partial charge on any atom is -0.0776 e. The first-order chi connectivity index (χ1) is 13.4. The fourth-order valence-corrected chi connectivity index (χ4v) is 8.82. The molecule has 172 valence electrons. The lowest BCUT2D eigenvalue weighted by molar-refractivity contribution is -0.111. The molecule has 4 aliphatic rings. The highest BCUT2D eigenvalue weighted by atomic mass is 14.6. The molecule has 0 N–H and O–H groups in total. The molecule has 0 aromatic carbocycles. The van der Waals surface area contributed by atoms with E-state index in [0.29, 0.717) is 5.41 Å². The van der Waals surface area contributed by atoms with Gasteiger partial charge in [0.1, 0.15) is 0 Å². The van der Waals surface area contributed by atoms with Crippen LogP contribution in [0.5, 0.6) is 0 Å². The van der Waals surface area contributed by atoms with Crippen LogP contribution >= 0.6 is 0 Å². The molecule has 7 atom stereocenters. The Balaban J connectivity index is 0.000000970. The predicted octanol–water partition coefficient (Wildman–Crippen LogP) is 9.91. The maximum Gasteiger partial charge on any atom is -0.0266 e. The molecular formula is C29H56. The van der Waals surface area contributed by atoms with Gasteiger partial charge in [0.15, 0.2) is 0 Å². The summed E-state index contributed by atoms with van der Waals surface area (Å²) in [4.78, 5) is 0. The van der Waals surface area contributed by atoms with E-state index >= 15 is 0 Å². The van der Waals surface area contributed by atoms with Gasteiger partial charge in [0.25, 0.3) is 0 Å². The number of hydrogen-bond acceptors (Lipinski definition) is 0. The van der Waals surface area contributed by atoms with Gasteiger partial charge in [-0.1, -0.05) is 81.1 Å². The van der Waals surface area contributed by atoms with Gasteiger partial charge in [0.05, 0.1) is 0 Å². The van der Waals surface area contributed by atoms with E-state index in [1.807, 2.05) is 13.8 Å². The van der Waals surface area contributed by atoms with Crippen LogP contribution in [0.2, 0.25) is 0 Å². The molecule has 29 heavy (non-hydrogen) atoms. The molecule has 4 rings (SSSR count). The summed E-state index contributed by atoms with van der Waals surface area (Å²) in [6.45, 7) is 14.2. The maximum absolute atomic E-state index is 2.74. The Morgan fingerprint density at radius 1 is 0.759 bits per heavy atom. The molecular weight excluding hydrogens is 348 g/mol. The summed E-state index contributed by atoms with van der Waals surface area (Å²) in [5, 5.41) is 0. The first-order valence-electron chi connectivity index (χ1n) is 13.4. The molecule has 0 heteroatoms. The van der Waals surface area contributed by atoms with Gasteiger partial charge in [-0.2, -0.15) is 0 Å². The summed E-state index contributed by atoms with van der Waals surface area (Å²) in [5.41, 5.74) is 1.43. The van der Waals surface area contributed by atoms with Crippen molar-refractivity contribution in [2.24, 2.45) is 46.3 Å². The Bertz CT molecular complexity index is 478. The summed E-state index contributed by atoms with van der Waals surface area (Å²) in [7, 11) is 0. The van der Waals surface area contributed by atoms with Crippen LogP contribution < -0.4 is 0 Å². The normalized spacial score (nSPS) is 43.3. The first kappa shape index (κ1) is 25.3. The Morgan fingerprint density at radius 3 is 2.21 bits per heavy atom. The largest absolute Gasteiger partial charge is 0.0776 e. The van der Waals surface area contributed by atoms with Gasteiger partial charge >= 0.3 is 0 Å². The highest BCUT2D eigenvalue weighted by Crippen LogP contribution is 2.67. The van der Waals surface area contributed by atoms with Gasteiger partial charge in [-0.15, -0.1) is 0 Å². The second-order valence-electron chi connectivity index (χ2n) is 11.9. The third-order valence-corrected chi connectivity index (χ3v) is 10.4. The Labute approximate surface area is 185 Å². The molecule has 4 saturated carbocycles. The maximum atomic E-state index is 2.74. The van der Waals surface area contributed by atoms with Gasteiger partial charge in [0.2, 0.25) is 0 Å². The van der Waals surface area contributed by atoms with Crippen molar-refractivity contribution < 1.29 is 0 Å². The van der Waals surface area contributed by atoms with Gasteiger partial charge in [-0.25, -0.2) is 0 Å². The van der Waals surface area contributed by atoms with Crippen molar-refractivity contribution in [1.82, 2.24) is 0 Å². The highest BCUT2D eigenvalue weighted by Gasteiger charge is 2.59. The summed E-state index contributed by atoms with van der Waals surface area (Å²) < 4.78 is 0. The van der Waals surface area contributed by atoms with Crippen molar-refractivity contribution in [3.63, 3.8) is 0 Å². The van der Waals surface area contributed by atoms with E-state index in [1.54, 1.807) is 51.4 Å². The van der Waals surface area contributed by atoms with Gasteiger partial charge < -0.3 is 0 Å². The van der Waals surface area contributed by atoms with E-state index in [1.165, 1.54) is 38.5 Å². The van der Waals surface area contributed by atoms with E-state index < -0.39 is 0 Å². The lowest BCUT2D eigenvalue weighted by atomic mass is 9.45. The molecule has 4 aliphatic carbocycles. The van der Waals surface area contributed by atoms with Crippen LogP contribution in [0, 0.1) is 46.3 Å². The van der Waals surface area contributed by atoms with Gasteiger partial charge in [-0.3, -0.25) is 0 Å². The lowest BCUT2D eigenvalue weighted by Gasteiger charge is -2.60. The van der Waals surface area contributed by atoms with Crippen LogP contribution in [0.1, 0.15) is 139 Å². The Morgan fingerprint density at radius 2 is 1.48 bits per heavy atom. The SMILES string of the molecule is C.CC.CC(C)CCCCC1CCC2C3CCC4CCCCC4(C)C3CCC12C. The molecule has 0 heterocycles. The molecule has 7 unspecified atom stereocenters. The van der Waals surface area contributed by atoms with E-state index in [2.05, 4.69) is 27.7 Å². The number of rotatable bonds is 5. The first-order valence-corrected chi connectivity index (χ1v) is 13.4. The van der Waals surface area contributed by atoms with E-state index in [9.17, 15) is 0 Å². The summed E-state index contributed by atoms with van der Waals surface area (Å²) in [6, 6.07) is 0. The fraction of sp³-hybridized carbons (Fsp3) is 1.00. The van der Waals surface area contributed by atoms with Crippen molar-refractivity contribution in [3.8, 4) is 0 Å². The number of unbranched alkanes of at least 4 members (excludes halogenated alkanes) is 1. The average Bonchev–Trinajstić information content (AvgIpc) is 3.02. The highest BCUT2D eigenvalue weighted by molar-refractivity contribution is 5.08. The molecule has 4 fully saturated rings. The van der Waals surface area contributed by atoms with Gasteiger partial charge in [-0.05, 0) is 104 Å². The zero-order chi connectivity index (χ0) is 20.4. The number of hydrogen-bond donors (Lipinski definition) is 0. The van der Waals surface area contributed by atoms with Crippen LogP contribution in [-0.2, 0) is 0 Å². The standard InChI is InChI=1S/C26H46.C2H6.CH4/c1-19(2)9-5-6-10-21-13-15-23-22-14-12-20-11-7-8-17-25(20,3)24(22)16-18-26(21,23)4;1-2;/h19-24H,5-18H2,1-4H3;1-2H3;1H4. The van der Waals surface area contributed by atoms with Crippen molar-refractivity contribution in [3.05, 3.63) is 0 Å². The van der Waals surface area contributed by atoms with Gasteiger partial charge in [0, 0.05) is 0 Å². The van der Waals surface area contributed by atoms with Crippen LogP contribution in [0.15, 0.2) is 0 Å². The third kappa shape index (κ3) is 4.77. The second-order valence-corrected chi connectivity index (χ2v) is 11.9. The van der Waals surface area contributed by atoms with Crippen LogP contribution in [0.4, 0.5) is 0 Å². The van der Waals surface area contributed by atoms with Crippen molar-refractivity contribution in [1.29, 1.82) is 0 Å². The third-order valence-electron chi connectivity index (χ3n) is 10.4. The monoisotopic (exact) mass is 404 g/mol. The smallest absolute Gasteiger partial charge is 0.0266 e. The number of fused-ring (bicyclic) bond motifs is 5. The van der Waals surface area contributed by atoms with Crippen LogP contribution in [0.25, 0.3) is 0 Å². The molecule has 0 aromatic rings. The van der Waals surface area contributed by atoms with Crippen molar-refractivity contribution in [2.45, 2.75) is 139 Å². The van der Waals surface area contributed by atoms with E-state index in [0.717, 1.165) is 40.9 Å². The predicted molar refractivity (Wildman–Crippen MR) is 131 cm³/mol. The van der Waals surface area contributed by atoms with Crippen molar-refractivity contribution in [2.75, 3.05) is 0 Å². The zero-order valence-electron chi connectivity index (χ0n) is 20.4. The molecule has 0 saturated heterocycles. The molecule has 0 amide bonds. The Hall–Kier alpha value is 0. The second kappa shape index (κ2) is 10.5. The minimum absolute atomic E-state index is 0. The van der Waals surface area contributed by atoms with Crippen LogP contribution in [0.3, 0.4) is 0 Å². The molecule has 0 radical (unpaired) electrons. The summed E-state index contributed by atoms with van der Waals surface area (Å²) in [6.07, 6.45) is 21.6. The molecule has 0 spiro atoms. The van der Waals surface area contributed by atoms with E-state index in [-0.39, 0.29) is 7.43 Å². The topological polar surface area (TPSA) is 0 Å².